The van der Waals surface area contributed by atoms with E-state index < -0.39 is 58.5 Å². The van der Waals surface area contributed by atoms with Gasteiger partial charge in [-0.05, 0) is 0 Å². The molecule has 17 heteroatoms. The van der Waals surface area contributed by atoms with Gasteiger partial charge in [0, 0.05) is 5.88 Å². The Balaban J connectivity index is 1.77. The number of hydrogen-bond acceptors (Lipinski definition) is 13. The highest BCUT2D eigenvalue weighted by molar-refractivity contribution is 7.71. The number of aliphatic hydroxyl groups is 2. The SMILES string of the molecule is Nc1nc([O-])c2ncn([C@@H]3O[C@H](COP(=O)(O)C[P+]([O-])([O-])[O-])[C@@H](O)[C@H]3O)c2n1. The summed E-state index contributed by atoms with van der Waals surface area (Å²) in [6, 6.07) is 0. The molecule has 1 aliphatic heterocycles. The minimum Gasteiger partial charge on any atom is -0.857 e. The number of fused-ring (bicyclic) bond motifs is 1. The Morgan fingerprint density at radius 2 is 2.00 bits per heavy atom. The van der Waals surface area contributed by atoms with Gasteiger partial charge in [-0.2, -0.15) is 12.9 Å². The standard InChI is InChI=1S/C11H17N5O10P2/c12-11-14-8-5(9(19)15-11)13-2-16(8)10-7(18)6(17)4(26-10)1-25-28(23,24)3-27(20,21)22/h2,4,6-7,10,17-18H,1,3H2,(H,23,24)(H2,20,21,22)(H3,12,14,15,19)/p-3/t4-,6-,7-,10-/m1/s1. The predicted molar refractivity (Wildman–Crippen MR) is 82.7 cm³/mol. The van der Waals surface area contributed by atoms with Gasteiger partial charge in [0.05, 0.1) is 12.9 Å². The van der Waals surface area contributed by atoms with Crippen molar-refractivity contribution < 1.29 is 48.7 Å². The second kappa shape index (κ2) is 7.39. The molecule has 0 aromatic carbocycles. The normalized spacial score (nSPS) is 27.9. The van der Waals surface area contributed by atoms with E-state index >= 15 is 0 Å². The van der Waals surface area contributed by atoms with E-state index in [0.717, 1.165) is 10.9 Å². The lowest BCUT2D eigenvalue weighted by Gasteiger charge is -2.42. The van der Waals surface area contributed by atoms with Crippen molar-refractivity contribution in [3.05, 3.63) is 6.33 Å². The van der Waals surface area contributed by atoms with E-state index in [4.69, 9.17) is 10.5 Å². The van der Waals surface area contributed by atoms with Gasteiger partial charge in [-0.3, -0.25) is 9.13 Å². The number of nitrogens with two attached hydrogens (primary N) is 1. The van der Waals surface area contributed by atoms with Gasteiger partial charge in [0.2, 0.25) is 5.95 Å². The van der Waals surface area contributed by atoms with Crippen LogP contribution in [0.15, 0.2) is 6.33 Å². The van der Waals surface area contributed by atoms with Crippen molar-refractivity contribution >= 4 is 32.7 Å². The van der Waals surface area contributed by atoms with E-state index in [9.17, 15) is 39.5 Å². The van der Waals surface area contributed by atoms with Crippen molar-refractivity contribution in [2.45, 2.75) is 24.5 Å². The lowest BCUT2D eigenvalue weighted by Crippen LogP contribution is -2.36. The number of aliphatic hydroxyl groups excluding tert-OH is 2. The van der Waals surface area contributed by atoms with Crippen molar-refractivity contribution in [3.8, 4) is 5.88 Å². The van der Waals surface area contributed by atoms with Crippen LogP contribution in [0.25, 0.3) is 11.2 Å². The average Bonchev–Trinajstić information content (AvgIpc) is 3.06. The first-order valence-electron chi connectivity index (χ1n) is 7.54. The summed E-state index contributed by atoms with van der Waals surface area (Å²) >= 11 is 0. The van der Waals surface area contributed by atoms with Crippen LogP contribution in [0.2, 0.25) is 0 Å². The highest BCUT2D eigenvalue weighted by atomic mass is 31.3. The van der Waals surface area contributed by atoms with Crippen molar-refractivity contribution in [3.63, 3.8) is 0 Å². The molecule has 0 bridgehead atoms. The summed E-state index contributed by atoms with van der Waals surface area (Å²) in [5.41, 5.74) is 5.17. The third kappa shape index (κ3) is 4.39. The van der Waals surface area contributed by atoms with E-state index in [0.29, 0.717) is 0 Å². The molecule has 0 amide bonds. The molecule has 0 radical (unpaired) electrons. The Kier molecular flexibility index (Phi) is 5.59. The lowest BCUT2D eigenvalue weighted by atomic mass is 10.1. The molecule has 0 saturated carbocycles. The van der Waals surface area contributed by atoms with Gasteiger partial charge in [-0.1, -0.05) is 0 Å². The molecular formula is C11H14N5O10P2-3. The topological polar surface area (TPSA) is 258 Å². The van der Waals surface area contributed by atoms with Gasteiger partial charge < -0.3 is 49.9 Å². The maximum absolute atomic E-state index is 11.8. The molecular weight excluding hydrogens is 424 g/mol. The molecule has 2 aromatic rings. The number of imidazole rings is 1. The van der Waals surface area contributed by atoms with Crippen LogP contribution in [-0.2, 0) is 13.8 Å². The van der Waals surface area contributed by atoms with E-state index in [1.54, 1.807) is 0 Å². The highest BCUT2D eigenvalue weighted by Gasteiger charge is 2.45. The highest BCUT2D eigenvalue weighted by Crippen LogP contribution is 2.53. The molecule has 0 aliphatic carbocycles. The zero-order valence-electron chi connectivity index (χ0n) is 13.8. The first kappa shape index (κ1) is 21.2. The summed E-state index contributed by atoms with van der Waals surface area (Å²) in [5.74, 6) is -2.76. The van der Waals surface area contributed by atoms with Gasteiger partial charge >= 0.3 is 7.60 Å². The fraction of sp³-hybridized carbons (Fsp3) is 0.545. The first-order chi connectivity index (χ1) is 12.9. The largest absolute Gasteiger partial charge is 0.857 e. The van der Waals surface area contributed by atoms with Gasteiger partial charge in [0.15, 0.2) is 11.9 Å². The van der Waals surface area contributed by atoms with Crippen LogP contribution in [0, 0.1) is 0 Å². The van der Waals surface area contributed by atoms with E-state index in [2.05, 4.69) is 19.5 Å². The minimum absolute atomic E-state index is 0.0817. The van der Waals surface area contributed by atoms with E-state index in [1.807, 2.05) is 0 Å². The third-order valence-corrected chi connectivity index (χ3v) is 7.18. The molecule has 3 rings (SSSR count). The monoisotopic (exact) mass is 438 g/mol. The van der Waals surface area contributed by atoms with Crippen LogP contribution in [0.1, 0.15) is 6.23 Å². The molecule has 1 aliphatic rings. The lowest BCUT2D eigenvalue weighted by molar-refractivity contribution is -0.426. The molecule has 3 heterocycles. The fourth-order valence-corrected chi connectivity index (χ4v) is 5.10. The Hall–Kier alpha value is -1.51. The molecule has 1 unspecified atom stereocenters. The van der Waals surface area contributed by atoms with Gasteiger partial charge in [0.1, 0.15) is 29.7 Å². The summed E-state index contributed by atoms with van der Waals surface area (Å²) in [5, 5.41) is 32.0. The minimum atomic E-state index is -5.32. The molecule has 5 atom stereocenters. The molecule has 5 N–H and O–H groups in total. The number of ether oxygens (including phenoxy) is 1. The number of hydrogen-bond donors (Lipinski definition) is 4. The Morgan fingerprint density at radius 1 is 1.32 bits per heavy atom. The van der Waals surface area contributed by atoms with E-state index in [-0.39, 0.29) is 17.1 Å². The van der Waals surface area contributed by atoms with Crippen molar-refractivity contribution in [1.29, 1.82) is 0 Å². The predicted octanol–water partition coefficient (Wildman–Crippen LogP) is -4.90. The molecule has 28 heavy (non-hydrogen) atoms. The molecule has 1 saturated heterocycles. The third-order valence-electron chi connectivity index (χ3n) is 3.81. The van der Waals surface area contributed by atoms with Gasteiger partial charge in [-0.15, -0.1) is 0 Å². The molecule has 0 spiro atoms. The zero-order chi connectivity index (χ0) is 20.9. The summed E-state index contributed by atoms with van der Waals surface area (Å²) in [6.07, 6.45) is -4.83. The van der Waals surface area contributed by atoms with Crippen LogP contribution in [-0.4, -0.2) is 65.4 Å². The number of nitrogens with zero attached hydrogens (tertiary/aromatic N) is 4. The van der Waals surface area contributed by atoms with Crippen LogP contribution in [0.5, 0.6) is 5.88 Å². The maximum Gasteiger partial charge on any atom is 0.363 e. The van der Waals surface area contributed by atoms with Crippen molar-refractivity contribution in [2.75, 3.05) is 18.2 Å². The van der Waals surface area contributed by atoms with Crippen molar-refractivity contribution in [1.82, 2.24) is 19.5 Å². The summed E-state index contributed by atoms with van der Waals surface area (Å²) in [7, 11) is -10.1. The zero-order valence-corrected chi connectivity index (χ0v) is 15.5. The van der Waals surface area contributed by atoms with Crippen LogP contribution in [0.3, 0.4) is 0 Å². The Morgan fingerprint density at radius 3 is 2.64 bits per heavy atom. The smallest absolute Gasteiger partial charge is 0.363 e. The number of nitrogen functional groups attached to an aromatic ring is 1. The van der Waals surface area contributed by atoms with E-state index in [1.165, 1.54) is 0 Å². The number of anilines is 1. The first-order valence-corrected chi connectivity index (χ1v) is 11.0. The van der Waals surface area contributed by atoms with Crippen LogP contribution >= 0.6 is 15.5 Å². The molecule has 1 fully saturated rings. The summed E-state index contributed by atoms with van der Waals surface area (Å²) in [4.78, 5) is 52.3. The molecule has 15 nitrogen and oxygen atoms in total. The summed E-state index contributed by atoms with van der Waals surface area (Å²) in [6.45, 7) is -0.806. The van der Waals surface area contributed by atoms with Gasteiger partial charge in [0.25, 0.3) is 0 Å². The Labute approximate surface area is 156 Å². The van der Waals surface area contributed by atoms with Gasteiger partial charge in [-0.25, -0.2) is 9.97 Å². The molecule has 2 aromatic heterocycles. The quantitative estimate of drug-likeness (QED) is 0.308. The van der Waals surface area contributed by atoms with Crippen LogP contribution in [0.4, 0.5) is 5.95 Å². The van der Waals surface area contributed by atoms with Crippen molar-refractivity contribution in [2.24, 2.45) is 0 Å². The summed E-state index contributed by atoms with van der Waals surface area (Å²) < 4.78 is 22.6. The molecule has 156 valence electrons. The second-order valence-corrected chi connectivity index (χ2v) is 9.83. The van der Waals surface area contributed by atoms with Crippen LogP contribution < -0.4 is 25.5 Å². The number of aromatic nitrogens is 4. The maximum atomic E-state index is 11.8. The number of rotatable bonds is 6. The average molecular weight is 438 g/mol. The second-order valence-electron chi connectivity index (χ2n) is 5.94. The fourth-order valence-electron chi connectivity index (χ4n) is 2.64. The Bertz CT molecular complexity index is 919.